The molecule has 0 amide bonds. The van der Waals surface area contributed by atoms with Crippen molar-refractivity contribution in [3.05, 3.63) is 84.9 Å². The number of aromatic hydroxyl groups is 2. The first-order chi connectivity index (χ1) is 12.2. The van der Waals surface area contributed by atoms with Crippen LogP contribution >= 0.6 is 0 Å². The standard InChI is InChI=1S/C22H17NO2/c24-21-10-3-1-8-17(21)15-6-5-7-16(14-15)19-12-13-20(23-19)18-9-2-4-11-22(18)25/h1-14,23-25H. The number of para-hydroxylation sites is 2. The molecule has 3 heteroatoms. The molecule has 3 N–H and O–H groups in total. The Labute approximate surface area is 145 Å². The van der Waals surface area contributed by atoms with E-state index >= 15 is 0 Å². The first-order valence-corrected chi connectivity index (χ1v) is 8.08. The van der Waals surface area contributed by atoms with E-state index in [4.69, 9.17) is 0 Å². The highest BCUT2D eigenvalue weighted by Crippen LogP contribution is 2.33. The second-order valence-corrected chi connectivity index (χ2v) is 5.90. The predicted molar refractivity (Wildman–Crippen MR) is 100 cm³/mol. The molecule has 4 rings (SSSR count). The number of rotatable bonds is 3. The second kappa shape index (κ2) is 6.21. The lowest BCUT2D eigenvalue weighted by Crippen LogP contribution is -1.83. The molecular formula is C22H17NO2. The summed E-state index contributed by atoms with van der Waals surface area (Å²) in [5, 5.41) is 20.1. The van der Waals surface area contributed by atoms with Crippen molar-refractivity contribution in [2.75, 3.05) is 0 Å². The minimum atomic E-state index is 0.249. The summed E-state index contributed by atoms with van der Waals surface area (Å²) in [6, 6.07) is 26.5. The topological polar surface area (TPSA) is 56.2 Å². The third kappa shape index (κ3) is 2.88. The molecule has 0 unspecified atom stereocenters. The van der Waals surface area contributed by atoms with Gasteiger partial charge in [-0.15, -0.1) is 0 Å². The number of H-pyrrole nitrogens is 1. The molecule has 0 spiro atoms. The summed E-state index contributed by atoms with van der Waals surface area (Å²) in [6.07, 6.45) is 0. The first-order valence-electron chi connectivity index (χ1n) is 8.08. The molecule has 0 aliphatic carbocycles. The quantitative estimate of drug-likeness (QED) is 0.470. The van der Waals surface area contributed by atoms with Crippen LogP contribution in [0.1, 0.15) is 0 Å². The zero-order valence-electron chi connectivity index (χ0n) is 13.5. The molecule has 0 aliphatic rings. The Morgan fingerprint density at radius 2 is 1.12 bits per heavy atom. The average molecular weight is 327 g/mol. The van der Waals surface area contributed by atoms with E-state index in [1.807, 2.05) is 66.7 Å². The Hall–Kier alpha value is -3.46. The van der Waals surface area contributed by atoms with Crippen LogP contribution in [0, 0.1) is 0 Å². The first kappa shape index (κ1) is 15.1. The number of nitrogens with one attached hydrogen (secondary N) is 1. The SMILES string of the molecule is Oc1ccccc1-c1cccc(-c2ccc(-c3ccccc3O)[nH]2)c1. The molecular weight excluding hydrogens is 310 g/mol. The van der Waals surface area contributed by atoms with Crippen LogP contribution < -0.4 is 0 Å². The van der Waals surface area contributed by atoms with Crippen LogP contribution in [0.15, 0.2) is 84.9 Å². The summed E-state index contributed by atoms with van der Waals surface area (Å²) in [5.41, 5.74) is 5.36. The summed E-state index contributed by atoms with van der Waals surface area (Å²) in [5.74, 6) is 0.514. The third-order valence-electron chi connectivity index (χ3n) is 4.27. The van der Waals surface area contributed by atoms with Crippen molar-refractivity contribution in [3.63, 3.8) is 0 Å². The van der Waals surface area contributed by atoms with Crippen LogP contribution in [0.2, 0.25) is 0 Å². The maximum atomic E-state index is 10.1. The van der Waals surface area contributed by atoms with Crippen molar-refractivity contribution < 1.29 is 10.2 Å². The van der Waals surface area contributed by atoms with Crippen molar-refractivity contribution in [2.45, 2.75) is 0 Å². The zero-order chi connectivity index (χ0) is 17.2. The summed E-state index contributed by atoms with van der Waals surface area (Å²) < 4.78 is 0. The largest absolute Gasteiger partial charge is 0.507 e. The lowest BCUT2D eigenvalue weighted by atomic mass is 10.0. The Balaban J connectivity index is 1.73. The zero-order valence-corrected chi connectivity index (χ0v) is 13.5. The molecule has 4 aromatic rings. The van der Waals surface area contributed by atoms with E-state index in [9.17, 15) is 10.2 Å². The minimum absolute atomic E-state index is 0.249. The van der Waals surface area contributed by atoms with Crippen molar-refractivity contribution in [3.8, 4) is 45.1 Å². The molecule has 0 radical (unpaired) electrons. The highest BCUT2D eigenvalue weighted by molar-refractivity contribution is 5.77. The molecule has 1 aromatic heterocycles. The van der Waals surface area contributed by atoms with E-state index in [1.165, 1.54) is 0 Å². The van der Waals surface area contributed by atoms with Gasteiger partial charge in [-0.3, -0.25) is 0 Å². The highest BCUT2D eigenvalue weighted by Gasteiger charge is 2.09. The number of hydrogen-bond acceptors (Lipinski definition) is 2. The Kier molecular flexibility index (Phi) is 3.75. The summed E-state index contributed by atoms with van der Waals surface area (Å²) in [6.45, 7) is 0. The van der Waals surface area contributed by atoms with Gasteiger partial charge in [0.15, 0.2) is 0 Å². The normalized spacial score (nSPS) is 10.7. The smallest absolute Gasteiger partial charge is 0.124 e. The number of benzene rings is 3. The minimum Gasteiger partial charge on any atom is -0.507 e. The van der Waals surface area contributed by atoms with Gasteiger partial charge in [-0.1, -0.05) is 48.5 Å². The van der Waals surface area contributed by atoms with Gasteiger partial charge in [0.2, 0.25) is 0 Å². The maximum Gasteiger partial charge on any atom is 0.124 e. The second-order valence-electron chi connectivity index (χ2n) is 5.90. The number of phenolic OH excluding ortho intramolecular Hbond substituents is 2. The molecule has 0 fully saturated rings. The fourth-order valence-corrected chi connectivity index (χ4v) is 2.99. The van der Waals surface area contributed by atoms with Crippen molar-refractivity contribution in [1.82, 2.24) is 4.98 Å². The molecule has 0 atom stereocenters. The number of phenols is 2. The van der Waals surface area contributed by atoms with E-state index in [0.29, 0.717) is 0 Å². The van der Waals surface area contributed by atoms with Crippen LogP contribution in [-0.4, -0.2) is 15.2 Å². The van der Waals surface area contributed by atoms with E-state index in [-0.39, 0.29) is 11.5 Å². The van der Waals surface area contributed by atoms with Gasteiger partial charge in [-0.25, -0.2) is 0 Å². The third-order valence-corrected chi connectivity index (χ3v) is 4.27. The summed E-state index contributed by atoms with van der Waals surface area (Å²) >= 11 is 0. The molecule has 0 aliphatic heterocycles. The van der Waals surface area contributed by atoms with Crippen LogP contribution in [-0.2, 0) is 0 Å². The number of aromatic amines is 1. The Morgan fingerprint density at radius 3 is 1.84 bits per heavy atom. The van der Waals surface area contributed by atoms with E-state index in [0.717, 1.165) is 33.6 Å². The molecule has 3 aromatic carbocycles. The number of aromatic nitrogens is 1. The molecule has 0 saturated carbocycles. The fraction of sp³-hybridized carbons (Fsp3) is 0. The van der Waals surface area contributed by atoms with E-state index < -0.39 is 0 Å². The van der Waals surface area contributed by atoms with Crippen LogP contribution in [0.25, 0.3) is 33.6 Å². The average Bonchev–Trinajstić information content (AvgIpc) is 3.12. The Bertz CT molecular complexity index is 1030. The van der Waals surface area contributed by atoms with E-state index in [1.54, 1.807) is 18.2 Å². The highest BCUT2D eigenvalue weighted by atomic mass is 16.3. The summed E-state index contributed by atoms with van der Waals surface area (Å²) in [4.78, 5) is 3.36. The van der Waals surface area contributed by atoms with Crippen LogP contribution in [0.4, 0.5) is 0 Å². The molecule has 122 valence electrons. The van der Waals surface area contributed by atoms with Gasteiger partial charge in [-0.2, -0.15) is 0 Å². The summed E-state index contributed by atoms with van der Waals surface area (Å²) in [7, 11) is 0. The van der Waals surface area contributed by atoms with Gasteiger partial charge in [0, 0.05) is 22.5 Å². The van der Waals surface area contributed by atoms with Crippen molar-refractivity contribution in [1.29, 1.82) is 0 Å². The lowest BCUT2D eigenvalue weighted by molar-refractivity contribution is 0.476. The van der Waals surface area contributed by atoms with Gasteiger partial charge in [-0.05, 0) is 47.5 Å². The number of hydrogen-bond donors (Lipinski definition) is 3. The van der Waals surface area contributed by atoms with Gasteiger partial charge in [0.25, 0.3) is 0 Å². The van der Waals surface area contributed by atoms with Crippen molar-refractivity contribution >= 4 is 0 Å². The monoisotopic (exact) mass is 327 g/mol. The molecule has 25 heavy (non-hydrogen) atoms. The van der Waals surface area contributed by atoms with Gasteiger partial charge >= 0.3 is 0 Å². The van der Waals surface area contributed by atoms with Crippen LogP contribution in [0.3, 0.4) is 0 Å². The molecule has 3 nitrogen and oxygen atoms in total. The van der Waals surface area contributed by atoms with Crippen molar-refractivity contribution in [2.24, 2.45) is 0 Å². The Morgan fingerprint density at radius 1 is 0.520 bits per heavy atom. The van der Waals surface area contributed by atoms with Gasteiger partial charge in [0.05, 0.1) is 0 Å². The predicted octanol–water partition coefficient (Wildman–Crippen LogP) is 5.43. The van der Waals surface area contributed by atoms with Gasteiger partial charge < -0.3 is 15.2 Å². The molecule has 0 saturated heterocycles. The maximum absolute atomic E-state index is 10.1. The van der Waals surface area contributed by atoms with Crippen LogP contribution in [0.5, 0.6) is 11.5 Å². The van der Waals surface area contributed by atoms with Gasteiger partial charge in [0.1, 0.15) is 11.5 Å². The van der Waals surface area contributed by atoms with E-state index in [2.05, 4.69) is 4.98 Å². The molecule has 0 bridgehead atoms. The lowest BCUT2D eigenvalue weighted by Gasteiger charge is -2.07. The fourth-order valence-electron chi connectivity index (χ4n) is 2.99. The molecule has 1 heterocycles.